The predicted molar refractivity (Wildman–Crippen MR) is 160 cm³/mol. The van der Waals surface area contributed by atoms with Gasteiger partial charge in [0.15, 0.2) is 18.1 Å². The summed E-state index contributed by atoms with van der Waals surface area (Å²) in [6.45, 7) is 4.94. The van der Waals surface area contributed by atoms with Crippen LogP contribution in [-0.4, -0.2) is 52.8 Å². The molecule has 0 radical (unpaired) electrons. The summed E-state index contributed by atoms with van der Waals surface area (Å²) < 4.78 is 30.3. The molecule has 0 bridgehead atoms. The number of rotatable bonds is 3. The van der Waals surface area contributed by atoms with Crippen LogP contribution < -0.4 is 15.7 Å². The third-order valence-electron chi connectivity index (χ3n) is 8.70. The second kappa shape index (κ2) is 10.0. The molecule has 0 saturated heterocycles. The Morgan fingerprint density at radius 1 is 1.09 bits per heavy atom. The van der Waals surface area contributed by atoms with Crippen molar-refractivity contribution in [3.8, 4) is 28.4 Å². The second-order valence-electron chi connectivity index (χ2n) is 11.4. The summed E-state index contributed by atoms with van der Waals surface area (Å²) in [5.41, 5.74) is 0.939. The average Bonchev–Trinajstić information content (AvgIpc) is 2.99. The van der Waals surface area contributed by atoms with Crippen LogP contribution in [0.5, 0.6) is 17.2 Å². The molecule has 0 saturated carbocycles. The number of hydrogen-bond acceptors (Lipinski definition) is 11. The number of phenols is 2. The summed E-state index contributed by atoms with van der Waals surface area (Å²) in [6.07, 6.45) is -3.18. The first kappa shape index (κ1) is 28.8. The molecule has 7 rings (SSSR count). The lowest BCUT2D eigenvalue weighted by atomic mass is 9.79. The quantitative estimate of drug-likeness (QED) is 0.277. The maximum absolute atomic E-state index is 14.2. The van der Waals surface area contributed by atoms with Gasteiger partial charge in [0.05, 0.1) is 40.0 Å². The normalized spacial score (nSPS) is 21.9. The van der Waals surface area contributed by atoms with Gasteiger partial charge in [-0.15, -0.1) is 0 Å². The van der Waals surface area contributed by atoms with Crippen molar-refractivity contribution in [1.29, 1.82) is 0 Å². The number of benzene rings is 2. The monoisotopic (exact) mass is 624 g/mol. The molecular formula is C31H29ClN2O10. The Kier molecular flexibility index (Phi) is 6.58. The standard InChI is InChI=1S/C31H29ClN2O10/c1-10(2)33-34-11(3)23(32)13-6-12-7-16-19-21(17(12)24(36)18(13)31(34)39)26(38)22-25(37)20-15(40-4)8-14(35)27(41-5)29(20)44-30(22)28(19)43-9-42-16/h6,14-16,27,35-36,38H,7-9H2,1-5H3/t14-,15-,16-,27+/m0/s1. The van der Waals surface area contributed by atoms with Crippen LogP contribution in [0.3, 0.4) is 0 Å². The van der Waals surface area contributed by atoms with E-state index in [9.17, 15) is 24.9 Å². The van der Waals surface area contributed by atoms with Gasteiger partial charge in [-0.3, -0.25) is 9.59 Å². The van der Waals surface area contributed by atoms with Crippen LogP contribution >= 0.6 is 11.6 Å². The number of pyridine rings is 1. The van der Waals surface area contributed by atoms with E-state index >= 15 is 0 Å². The highest BCUT2D eigenvalue weighted by Gasteiger charge is 2.44. The Hall–Kier alpha value is -3.94. The third-order valence-corrected chi connectivity index (χ3v) is 9.18. The maximum atomic E-state index is 14.2. The molecule has 3 aliphatic rings. The van der Waals surface area contributed by atoms with Crippen molar-refractivity contribution in [2.45, 2.75) is 58.0 Å². The molecule has 2 aromatic carbocycles. The molecule has 12 nitrogen and oxygen atoms in total. The zero-order valence-corrected chi connectivity index (χ0v) is 25.2. The molecule has 0 spiro atoms. The first-order valence-electron chi connectivity index (χ1n) is 14.0. The molecule has 2 aromatic heterocycles. The summed E-state index contributed by atoms with van der Waals surface area (Å²) in [5.74, 6) is -0.702. The Labute approximate surface area is 254 Å². The van der Waals surface area contributed by atoms with E-state index in [1.165, 1.54) is 14.2 Å². The number of aromatic nitrogens is 1. The summed E-state index contributed by atoms with van der Waals surface area (Å²) in [6, 6.07) is 1.69. The van der Waals surface area contributed by atoms with Crippen molar-refractivity contribution in [2.24, 2.45) is 5.10 Å². The first-order valence-corrected chi connectivity index (χ1v) is 14.4. The van der Waals surface area contributed by atoms with Crippen molar-refractivity contribution in [3.63, 3.8) is 0 Å². The third kappa shape index (κ3) is 3.75. The van der Waals surface area contributed by atoms with Crippen LogP contribution in [0.4, 0.5) is 0 Å². The van der Waals surface area contributed by atoms with Gasteiger partial charge in [-0.1, -0.05) is 11.6 Å². The lowest BCUT2D eigenvalue weighted by Crippen LogP contribution is -2.34. The van der Waals surface area contributed by atoms with E-state index in [1.807, 2.05) is 0 Å². The smallest absolute Gasteiger partial charge is 0.282 e. The molecule has 0 unspecified atom stereocenters. The molecule has 4 aromatic rings. The van der Waals surface area contributed by atoms with E-state index < -0.39 is 46.9 Å². The van der Waals surface area contributed by atoms with E-state index in [4.69, 9.17) is 35.0 Å². The van der Waals surface area contributed by atoms with Crippen molar-refractivity contribution in [1.82, 2.24) is 4.68 Å². The number of phenolic OH excluding ortho intramolecular Hbond substituents is 2. The van der Waals surface area contributed by atoms with E-state index in [1.54, 1.807) is 26.8 Å². The molecule has 0 amide bonds. The van der Waals surface area contributed by atoms with Crippen LogP contribution in [0.25, 0.3) is 32.9 Å². The number of fused-ring (bicyclic) bond motifs is 6. The van der Waals surface area contributed by atoms with Crippen LogP contribution in [-0.2, 0) is 20.6 Å². The van der Waals surface area contributed by atoms with Crippen molar-refractivity contribution >= 4 is 39.1 Å². The van der Waals surface area contributed by atoms with Crippen molar-refractivity contribution in [2.75, 3.05) is 21.0 Å². The van der Waals surface area contributed by atoms with Gasteiger partial charge >= 0.3 is 0 Å². The number of ether oxygens (including phenoxy) is 4. The molecule has 230 valence electrons. The van der Waals surface area contributed by atoms with Gasteiger partial charge in [0.2, 0.25) is 5.43 Å². The fourth-order valence-corrected chi connectivity index (χ4v) is 7.03. The summed E-state index contributed by atoms with van der Waals surface area (Å²) in [7, 11) is 2.80. The lowest BCUT2D eigenvalue weighted by molar-refractivity contribution is -0.0709. The highest BCUT2D eigenvalue weighted by Crippen LogP contribution is 2.57. The number of methoxy groups -OCH3 is 2. The summed E-state index contributed by atoms with van der Waals surface area (Å²) >= 11 is 6.73. The second-order valence-corrected chi connectivity index (χ2v) is 11.8. The minimum atomic E-state index is -1.02. The molecule has 4 atom stereocenters. The Morgan fingerprint density at radius 2 is 1.82 bits per heavy atom. The summed E-state index contributed by atoms with van der Waals surface area (Å²) in [4.78, 5) is 27.9. The molecule has 2 aliphatic carbocycles. The number of halogens is 1. The Morgan fingerprint density at radius 3 is 2.50 bits per heavy atom. The zero-order chi connectivity index (χ0) is 31.4. The fraction of sp³-hybridized carbons (Fsp3) is 0.387. The molecule has 3 N–H and O–H groups in total. The van der Waals surface area contributed by atoms with Gasteiger partial charge in [0, 0.05) is 54.8 Å². The maximum Gasteiger partial charge on any atom is 0.282 e. The molecule has 1 aliphatic heterocycles. The lowest BCUT2D eigenvalue weighted by Gasteiger charge is -2.36. The van der Waals surface area contributed by atoms with Gasteiger partial charge in [-0.05, 0) is 32.4 Å². The van der Waals surface area contributed by atoms with E-state index in [2.05, 4.69) is 5.10 Å². The SMILES string of the molecule is CO[C@H]1C[C@H](O)[C@@H](OC)c2oc3c4c5c(c(O)c3c(=O)c21)-c1c(cc2c(Cl)c(C)n(N=C(C)C)c(=O)c2c1O)C[C@@H]5OCO4. The van der Waals surface area contributed by atoms with Gasteiger partial charge in [0.25, 0.3) is 5.56 Å². The van der Waals surface area contributed by atoms with E-state index in [0.717, 1.165) is 4.68 Å². The molecule has 13 heteroatoms. The van der Waals surface area contributed by atoms with Crippen molar-refractivity contribution < 1.29 is 38.7 Å². The largest absolute Gasteiger partial charge is 0.506 e. The number of aliphatic hydroxyl groups is 1. The molecule has 44 heavy (non-hydrogen) atoms. The van der Waals surface area contributed by atoms with Gasteiger partial charge < -0.3 is 38.7 Å². The van der Waals surface area contributed by atoms with Gasteiger partial charge in [-0.25, -0.2) is 0 Å². The summed E-state index contributed by atoms with van der Waals surface area (Å²) in [5, 5.41) is 39.0. The Balaban J connectivity index is 1.63. The first-order chi connectivity index (χ1) is 21.0. The molecule has 0 fully saturated rings. The van der Waals surface area contributed by atoms with Crippen molar-refractivity contribution in [3.05, 3.63) is 59.8 Å². The van der Waals surface area contributed by atoms with E-state index in [-0.39, 0.29) is 69.2 Å². The zero-order valence-electron chi connectivity index (χ0n) is 24.5. The number of aromatic hydroxyl groups is 2. The number of hydrogen-bond donors (Lipinski definition) is 3. The topological polar surface area (TPSA) is 162 Å². The van der Waals surface area contributed by atoms with Gasteiger partial charge in [0.1, 0.15) is 28.7 Å². The van der Waals surface area contributed by atoms with Gasteiger partial charge in [-0.2, -0.15) is 9.78 Å². The average molecular weight is 625 g/mol. The predicted octanol–water partition coefficient (Wildman–Crippen LogP) is 4.50. The highest BCUT2D eigenvalue weighted by molar-refractivity contribution is 6.36. The fourth-order valence-electron chi connectivity index (χ4n) is 6.80. The minimum absolute atomic E-state index is 0.0539. The molecule has 3 heterocycles. The highest BCUT2D eigenvalue weighted by atomic mass is 35.5. The van der Waals surface area contributed by atoms with Crippen LogP contribution in [0.2, 0.25) is 5.02 Å². The van der Waals surface area contributed by atoms with E-state index in [0.29, 0.717) is 27.9 Å². The minimum Gasteiger partial charge on any atom is -0.506 e. The van der Waals surface area contributed by atoms with Crippen LogP contribution in [0.1, 0.15) is 66.7 Å². The Bertz CT molecular complexity index is 2080. The van der Waals surface area contributed by atoms with Crippen LogP contribution in [0, 0.1) is 6.92 Å². The number of aliphatic hydroxyl groups excluding tert-OH is 1. The van der Waals surface area contributed by atoms with Crippen LogP contribution in [0.15, 0.2) is 25.2 Å². The number of nitrogens with zero attached hydrogens (tertiary/aromatic N) is 2. The molecular weight excluding hydrogens is 596 g/mol.